The highest BCUT2D eigenvalue weighted by molar-refractivity contribution is 6.31. The third-order valence-electron chi connectivity index (χ3n) is 5.00. The zero-order valence-corrected chi connectivity index (χ0v) is 15.9. The first-order chi connectivity index (χ1) is 13.2. The maximum Gasteiger partial charge on any atom is 0.256 e. The number of carbonyl (C=O) groups excluding carboxylic acids is 1. The third-order valence-corrected chi connectivity index (χ3v) is 5.36. The molecule has 1 aliphatic heterocycles. The van der Waals surface area contributed by atoms with Gasteiger partial charge in [0.25, 0.3) is 5.91 Å². The number of amides is 1. The number of fused-ring (bicyclic) bond motifs is 1. The Hall–Kier alpha value is -2.78. The molecule has 1 N–H and O–H groups in total. The predicted molar refractivity (Wildman–Crippen MR) is 110 cm³/mol. The average Bonchev–Trinajstić information content (AvgIpc) is 2.96. The van der Waals surface area contributed by atoms with Crippen LogP contribution < -0.4 is 5.32 Å². The Bertz CT molecular complexity index is 985. The van der Waals surface area contributed by atoms with E-state index in [4.69, 9.17) is 11.6 Å². The number of hydrogen-bond donors (Lipinski definition) is 1. The summed E-state index contributed by atoms with van der Waals surface area (Å²) in [4.78, 5) is 14.9. The van der Waals surface area contributed by atoms with Gasteiger partial charge in [0.2, 0.25) is 0 Å². The van der Waals surface area contributed by atoms with Crippen molar-refractivity contribution >= 4 is 23.2 Å². The number of anilines is 1. The average molecular weight is 377 g/mol. The Kier molecular flexibility index (Phi) is 4.87. The number of nitrogens with zero attached hydrogens (tertiary/aromatic N) is 1. The summed E-state index contributed by atoms with van der Waals surface area (Å²) in [5, 5.41) is 4.23. The quantitative estimate of drug-likeness (QED) is 0.622. The third kappa shape index (κ3) is 3.43. The van der Waals surface area contributed by atoms with Crippen LogP contribution in [0.2, 0.25) is 5.02 Å². The van der Waals surface area contributed by atoms with Gasteiger partial charge in [-0.2, -0.15) is 0 Å². The van der Waals surface area contributed by atoms with Crippen molar-refractivity contribution in [1.29, 1.82) is 0 Å². The van der Waals surface area contributed by atoms with Crippen molar-refractivity contribution in [1.82, 2.24) is 4.90 Å². The lowest BCUT2D eigenvalue weighted by Gasteiger charge is -2.27. The molecule has 1 heterocycles. The maximum absolute atomic E-state index is 13.1. The maximum atomic E-state index is 13.1. The van der Waals surface area contributed by atoms with Gasteiger partial charge in [0.15, 0.2) is 0 Å². The highest BCUT2D eigenvalue weighted by Crippen LogP contribution is 2.36. The van der Waals surface area contributed by atoms with E-state index >= 15 is 0 Å². The highest BCUT2D eigenvalue weighted by Gasteiger charge is 2.36. The zero-order chi connectivity index (χ0) is 18.8. The Morgan fingerprint density at radius 3 is 2.59 bits per heavy atom. The predicted octanol–water partition coefficient (Wildman–Crippen LogP) is 5.67. The van der Waals surface area contributed by atoms with Crippen LogP contribution in [0.25, 0.3) is 0 Å². The van der Waals surface area contributed by atoms with E-state index in [2.05, 4.69) is 24.4 Å². The van der Waals surface area contributed by atoms with Gasteiger partial charge in [-0.3, -0.25) is 4.79 Å². The summed E-state index contributed by atoms with van der Waals surface area (Å²) in [5.41, 5.74) is 4.95. The Morgan fingerprint density at radius 1 is 1.00 bits per heavy atom. The number of aryl methyl sites for hydroxylation is 1. The van der Waals surface area contributed by atoms with E-state index in [1.54, 1.807) is 0 Å². The van der Waals surface area contributed by atoms with Crippen molar-refractivity contribution in [3.63, 3.8) is 0 Å². The van der Waals surface area contributed by atoms with Gasteiger partial charge in [-0.15, -0.1) is 0 Å². The zero-order valence-electron chi connectivity index (χ0n) is 15.2. The van der Waals surface area contributed by atoms with Crippen molar-refractivity contribution in [3.8, 4) is 0 Å². The topological polar surface area (TPSA) is 32.3 Å². The molecule has 3 aromatic carbocycles. The number of rotatable bonds is 5. The van der Waals surface area contributed by atoms with Crippen molar-refractivity contribution in [2.45, 2.75) is 26.1 Å². The summed E-state index contributed by atoms with van der Waals surface area (Å²) < 4.78 is 0. The van der Waals surface area contributed by atoms with E-state index in [0.29, 0.717) is 11.6 Å². The van der Waals surface area contributed by atoms with Crippen LogP contribution in [0, 0.1) is 0 Å². The number of nitrogens with one attached hydrogen (secondary N) is 1. The van der Waals surface area contributed by atoms with Crippen LogP contribution in [0.5, 0.6) is 0 Å². The van der Waals surface area contributed by atoms with E-state index in [1.165, 1.54) is 5.56 Å². The van der Waals surface area contributed by atoms with Crippen LogP contribution in [-0.4, -0.2) is 10.8 Å². The molecule has 4 rings (SSSR count). The molecule has 136 valence electrons. The summed E-state index contributed by atoms with van der Waals surface area (Å²) in [5.74, 6) is 0.0228. The molecule has 0 saturated carbocycles. The minimum Gasteiger partial charge on any atom is -0.361 e. The van der Waals surface area contributed by atoms with Crippen LogP contribution >= 0.6 is 11.6 Å². The fraction of sp³-hybridized carbons (Fsp3) is 0.174. The molecule has 4 heteroatoms. The number of hydrogen-bond acceptors (Lipinski definition) is 2. The molecule has 1 aliphatic rings. The minimum absolute atomic E-state index is 0.0228. The Morgan fingerprint density at radius 2 is 1.78 bits per heavy atom. The standard InChI is InChI=1S/C23H21ClN2O/c1-2-16-8-7-10-18(14-16)25-22-19-11-4-5-12-20(19)23(27)26(22)15-17-9-3-6-13-21(17)24/h3-14,22,25H,2,15H2,1H3/t22-/m1/s1. The van der Waals surface area contributed by atoms with Crippen molar-refractivity contribution < 1.29 is 4.79 Å². The fourth-order valence-electron chi connectivity index (χ4n) is 3.54. The van der Waals surface area contributed by atoms with Gasteiger partial charge in [-0.25, -0.2) is 0 Å². The second-order valence-electron chi connectivity index (χ2n) is 6.71. The van der Waals surface area contributed by atoms with E-state index < -0.39 is 0 Å². The Labute approximate surface area is 164 Å². The Balaban J connectivity index is 1.70. The van der Waals surface area contributed by atoms with Crippen LogP contribution in [0.3, 0.4) is 0 Å². The van der Waals surface area contributed by atoms with Gasteiger partial charge in [-0.05, 0) is 41.8 Å². The number of benzene rings is 3. The van der Waals surface area contributed by atoms with Gasteiger partial charge in [0.05, 0.1) is 0 Å². The molecule has 0 saturated heterocycles. The SMILES string of the molecule is CCc1cccc(N[C@H]2c3ccccc3C(=O)N2Cc2ccccc2Cl)c1. The van der Waals surface area contributed by atoms with E-state index in [1.807, 2.05) is 65.6 Å². The van der Waals surface area contributed by atoms with Crippen LogP contribution in [0.4, 0.5) is 5.69 Å². The molecule has 0 aliphatic carbocycles. The van der Waals surface area contributed by atoms with Gasteiger partial charge >= 0.3 is 0 Å². The minimum atomic E-state index is -0.225. The molecular weight excluding hydrogens is 356 g/mol. The molecule has 3 nitrogen and oxygen atoms in total. The van der Waals surface area contributed by atoms with Crippen molar-refractivity contribution in [2.75, 3.05) is 5.32 Å². The van der Waals surface area contributed by atoms with Gasteiger partial charge < -0.3 is 10.2 Å². The highest BCUT2D eigenvalue weighted by atomic mass is 35.5. The molecule has 0 bridgehead atoms. The lowest BCUT2D eigenvalue weighted by Crippen LogP contribution is -2.32. The molecule has 0 spiro atoms. The normalized spacial score (nSPS) is 15.7. The smallest absolute Gasteiger partial charge is 0.256 e. The largest absolute Gasteiger partial charge is 0.361 e. The molecule has 0 radical (unpaired) electrons. The van der Waals surface area contributed by atoms with Crippen molar-refractivity contribution in [2.24, 2.45) is 0 Å². The van der Waals surface area contributed by atoms with E-state index in [0.717, 1.165) is 28.8 Å². The number of carbonyl (C=O) groups is 1. The summed E-state index contributed by atoms with van der Waals surface area (Å²) in [7, 11) is 0. The summed E-state index contributed by atoms with van der Waals surface area (Å²) in [6, 6.07) is 23.8. The van der Waals surface area contributed by atoms with Crippen molar-refractivity contribution in [3.05, 3.63) is 100 Å². The second-order valence-corrected chi connectivity index (χ2v) is 7.12. The second kappa shape index (κ2) is 7.45. The lowest BCUT2D eigenvalue weighted by molar-refractivity contribution is 0.0729. The molecule has 0 unspecified atom stereocenters. The van der Waals surface area contributed by atoms with E-state index in [9.17, 15) is 4.79 Å². The van der Waals surface area contributed by atoms with Crippen LogP contribution in [-0.2, 0) is 13.0 Å². The summed E-state index contributed by atoms with van der Waals surface area (Å²) in [6.07, 6.45) is 0.746. The molecule has 0 aromatic heterocycles. The molecule has 1 atom stereocenters. The van der Waals surface area contributed by atoms with Gasteiger partial charge in [0.1, 0.15) is 6.17 Å². The lowest BCUT2D eigenvalue weighted by atomic mass is 10.1. The van der Waals surface area contributed by atoms with Gasteiger partial charge in [-0.1, -0.05) is 67.1 Å². The molecule has 27 heavy (non-hydrogen) atoms. The summed E-state index contributed by atoms with van der Waals surface area (Å²) >= 11 is 6.35. The first kappa shape index (κ1) is 17.6. The first-order valence-corrected chi connectivity index (χ1v) is 9.54. The monoisotopic (exact) mass is 376 g/mol. The van der Waals surface area contributed by atoms with Gasteiger partial charge in [0, 0.05) is 28.4 Å². The van der Waals surface area contributed by atoms with E-state index in [-0.39, 0.29) is 12.1 Å². The molecule has 3 aromatic rings. The van der Waals surface area contributed by atoms with Crippen LogP contribution in [0.1, 0.15) is 40.1 Å². The molecule has 1 amide bonds. The fourth-order valence-corrected chi connectivity index (χ4v) is 3.73. The van der Waals surface area contributed by atoms with Crippen LogP contribution in [0.15, 0.2) is 72.8 Å². The molecule has 0 fully saturated rings. The number of halogens is 1. The first-order valence-electron chi connectivity index (χ1n) is 9.16. The summed E-state index contributed by atoms with van der Waals surface area (Å²) in [6.45, 7) is 2.59. The molecular formula is C23H21ClN2O.